The van der Waals surface area contributed by atoms with E-state index in [9.17, 15) is 4.79 Å². The summed E-state index contributed by atoms with van der Waals surface area (Å²) in [6.07, 6.45) is 4.84. The number of nitrogens with one attached hydrogen (secondary N) is 1. The zero-order valence-electron chi connectivity index (χ0n) is 10.1. The number of halogens is 1. The standard InChI is InChI=1S/C13H12ClN3OS/c14-11-5-4-8(19-11)6-12(18)17-13-9-2-1-3-10(9)15-7-16-13/h4-5,7H,1-3,6H2,(H,15,16,17,18). The molecule has 0 bridgehead atoms. The van der Waals surface area contributed by atoms with Crippen LogP contribution < -0.4 is 5.32 Å². The second-order valence-electron chi connectivity index (χ2n) is 4.43. The number of fused-ring (bicyclic) bond motifs is 1. The number of carbonyl (C=O) groups excluding carboxylic acids is 1. The summed E-state index contributed by atoms with van der Waals surface area (Å²) >= 11 is 7.27. The Morgan fingerprint density at radius 2 is 2.26 bits per heavy atom. The molecule has 0 radical (unpaired) electrons. The van der Waals surface area contributed by atoms with E-state index in [1.807, 2.05) is 6.07 Å². The Bertz CT molecular complexity index is 626. The van der Waals surface area contributed by atoms with Gasteiger partial charge in [0.15, 0.2) is 0 Å². The lowest BCUT2D eigenvalue weighted by Crippen LogP contribution is -2.16. The lowest BCUT2D eigenvalue weighted by molar-refractivity contribution is -0.115. The quantitative estimate of drug-likeness (QED) is 0.947. The molecule has 0 saturated heterocycles. The molecule has 2 heterocycles. The third-order valence-corrected chi connectivity index (χ3v) is 4.33. The molecule has 3 rings (SSSR count). The van der Waals surface area contributed by atoms with Crippen molar-refractivity contribution in [3.8, 4) is 0 Å². The largest absolute Gasteiger partial charge is 0.310 e. The smallest absolute Gasteiger partial charge is 0.230 e. The highest BCUT2D eigenvalue weighted by Crippen LogP contribution is 2.26. The first-order chi connectivity index (χ1) is 9.22. The van der Waals surface area contributed by atoms with Crippen LogP contribution in [0.25, 0.3) is 0 Å². The monoisotopic (exact) mass is 293 g/mol. The minimum atomic E-state index is -0.0636. The first kappa shape index (κ1) is 12.6. The van der Waals surface area contributed by atoms with E-state index < -0.39 is 0 Å². The van der Waals surface area contributed by atoms with Crippen LogP contribution in [0.2, 0.25) is 4.34 Å². The topological polar surface area (TPSA) is 54.9 Å². The van der Waals surface area contributed by atoms with E-state index in [-0.39, 0.29) is 5.91 Å². The van der Waals surface area contributed by atoms with Crippen molar-refractivity contribution in [1.29, 1.82) is 0 Å². The Labute approximate surface area is 119 Å². The van der Waals surface area contributed by atoms with Crippen LogP contribution in [-0.2, 0) is 24.1 Å². The SMILES string of the molecule is O=C(Cc1ccc(Cl)s1)Nc1ncnc2c1CCC2. The lowest BCUT2D eigenvalue weighted by Gasteiger charge is -2.07. The summed E-state index contributed by atoms with van der Waals surface area (Å²) in [5, 5.41) is 2.87. The highest BCUT2D eigenvalue weighted by Gasteiger charge is 2.18. The van der Waals surface area contributed by atoms with E-state index in [4.69, 9.17) is 11.6 Å². The molecular weight excluding hydrogens is 282 g/mol. The van der Waals surface area contributed by atoms with Gasteiger partial charge in [0.2, 0.25) is 5.91 Å². The second-order valence-corrected chi connectivity index (χ2v) is 6.23. The van der Waals surface area contributed by atoms with E-state index in [1.54, 1.807) is 6.07 Å². The van der Waals surface area contributed by atoms with E-state index in [2.05, 4.69) is 15.3 Å². The number of amides is 1. The summed E-state index contributed by atoms with van der Waals surface area (Å²) in [6.45, 7) is 0. The highest BCUT2D eigenvalue weighted by atomic mass is 35.5. The van der Waals surface area contributed by atoms with E-state index >= 15 is 0 Å². The molecule has 4 nitrogen and oxygen atoms in total. The van der Waals surface area contributed by atoms with E-state index in [1.165, 1.54) is 17.7 Å². The normalized spacial score (nSPS) is 13.3. The highest BCUT2D eigenvalue weighted by molar-refractivity contribution is 7.16. The summed E-state index contributed by atoms with van der Waals surface area (Å²) in [7, 11) is 0. The van der Waals surface area contributed by atoms with Crippen molar-refractivity contribution in [3.05, 3.63) is 38.9 Å². The molecule has 0 unspecified atom stereocenters. The lowest BCUT2D eigenvalue weighted by atomic mass is 10.2. The first-order valence-corrected chi connectivity index (χ1v) is 7.28. The molecule has 1 N–H and O–H groups in total. The van der Waals surface area contributed by atoms with Gasteiger partial charge in [-0.05, 0) is 31.4 Å². The maximum atomic E-state index is 12.0. The van der Waals surface area contributed by atoms with Gasteiger partial charge in [-0.15, -0.1) is 11.3 Å². The molecule has 1 aliphatic rings. The molecule has 0 aromatic carbocycles. The minimum Gasteiger partial charge on any atom is -0.310 e. The summed E-state index contributed by atoms with van der Waals surface area (Å²) in [6, 6.07) is 3.67. The van der Waals surface area contributed by atoms with Crippen LogP contribution in [0, 0.1) is 0 Å². The van der Waals surface area contributed by atoms with Crippen molar-refractivity contribution in [2.45, 2.75) is 25.7 Å². The van der Waals surface area contributed by atoms with Crippen molar-refractivity contribution < 1.29 is 4.79 Å². The average molecular weight is 294 g/mol. The first-order valence-electron chi connectivity index (χ1n) is 6.09. The molecule has 0 fully saturated rings. The van der Waals surface area contributed by atoms with Crippen molar-refractivity contribution in [2.24, 2.45) is 0 Å². The Hall–Kier alpha value is -1.46. The van der Waals surface area contributed by atoms with Gasteiger partial charge < -0.3 is 5.32 Å². The molecule has 6 heteroatoms. The van der Waals surface area contributed by atoms with Crippen molar-refractivity contribution in [1.82, 2.24) is 9.97 Å². The van der Waals surface area contributed by atoms with E-state index in [0.717, 1.165) is 35.4 Å². The second kappa shape index (κ2) is 5.27. The fourth-order valence-corrected chi connectivity index (χ4v) is 3.33. The number of nitrogens with zero attached hydrogens (tertiary/aromatic N) is 2. The fraction of sp³-hybridized carbons (Fsp3) is 0.308. The molecule has 2 aromatic rings. The number of anilines is 1. The van der Waals surface area contributed by atoms with Gasteiger partial charge in [0.05, 0.1) is 10.8 Å². The maximum absolute atomic E-state index is 12.0. The van der Waals surface area contributed by atoms with Gasteiger partial charge in [0.1, 0.15) is 12.1 Å². The number of aryl methyl sites for hydroxylation is 1. The van der Waals surface area contributed by atoms with Crippen molar-refractivity contribution in [2.75, 3.05) is 5.32 Å². The van der Waals surface area contributed by atoms with Crippen LogP contribution in [0.4, 0.5) is 5.82 Å². The Balaban J connectivity index is 1.72. The molecule has 19 heavy (non-hydrogen) atoms. The van der Waals surface area contributed by atoms with Crippen LogP contribution in [0.1, 0.15) is 22.6 Å². The number of hydrogen-bond donors (Lipinski definition) is 1. The maximum Gasteiger partial charge on any atom is 0.230 e. The predicted octanol–water partition coefficient (Wildman–Crippen LogP) is 2.86. The molecule has 98 valence electrons. The van der Waals surface area contributed by atoms with Crippen molar-refractivity contribution >= 4 is 34.7 Å². The number of hydrogen-bond acceptors (Lipinski definition) is 4. The zero-order valence-corrected chi connectivity index (χ0v) is 11.7. The molecule has 0 atom stereocenters. The van der Waals surface area contributed by atoms with Crippen LogP contribution in [0.5, 0.6) is 0 Å². The Morgan fingerprint density at radius 1 is 1.37 bits per heavy atom. The number of thiophene rings is 1. The van der Waals surface area contributed by atoms with Gasteiger partial charge in [0, 0.05) is 16.1 Å². The Kier molecular flexibility index (Phi) is 3.48. The minimum absolute atomic E-state index is 0.0636. The van der Waals surface area contributed by atoms with Crippen LogP contribution >= 0.6 is 22.9 Å². The summed E-state index contributed by atoms with van der Waals surface area (Å²) < 4.78 is 0.700. The van der Waals surface area contributed by atoms with Gasteiger partial charge in [-0.1, -0.05) is 11.6 Å². The number of rotatable bonds is 3. The molecule has 0 spiro atoms. The van der Waals surface area contributed by atoms with Gasteiger partial charge in [0.25, 0.3) is 0 Å². The van der Waals surface area contributed by atoms with Crippen LogP contribution in [0.15, 0.2) is 18.5 Å². The summed E-state index contributed by atoms with van der Waals surface area (Å²) in [5.41, 5.74) is 2.14. The molecule has 1 aliphatic carbocycles. The van der Waals surface area contributed by atoms with Gasteiger partial charge in [-0.3, -0.25) is 4.79 Å². The van der Waals surface area contributed by atoms with Gasteiger partial charge >= 0.3 is 0 Å². The van der Waals surface area contributed by atoms with Gasteiger partial charge in [-0.2, -0.15) is 0 Å². The molecular formula is C13H12ClN3OS. The predicted molar refractivity (Wildman–Crippen MR) is 75.7 cm³/mol. The third-order valence-electron chi connectivity index (χ3n) is 3.10. The zero-order chi connectivity index (χ0) is 13.2. The molecule has 1 amide bonds. The number of aromatic nitrogens is 2. The summed E-state index contributed by atoms with van der Waals surface area (Å²) in [4.78, 5) is 21.3. The van der Waals surface area contributed by atoms with Gasteiger partial charge in [-0.25, -0.2) is 9.97 Å². The molecule has 0 aliphatic heterocycles. The van der Waals surface area contributed by atoms with E-state index in [0.29, 0.717) is 16.6 Å². The fourth-order valence-electron chi connectivity index (χ4n) is 2.25. The molecule has 0 saturated carbocycles. The number of carbonyl (C=O) groups is 1. The average Bonchev–Trinajstić information content (AvgIpc) is 2.98. The summed E-state index contributed by atoms with van der Waals surface area (Å²) in [5.74, 6) is 0.599. The Morgan fingerprint density at radius 3 is 3.05 bits per heavy atom. The molecule has 2 aromatic heterocycles. The van der Waals surface area contributed by atoms with Crippen LogP contribution in [-0.4, -0.2) is 15.9 Å². The van der Waals surface area contributed by atoms with Crippen molar-refractivity contribution in [3.63, 3.8) is 0 Å². The van der Waals surface area contributed by atoms with Crippen LogP contribution in [0.3, 0.4) is 0 Å². The third kappa shape index (κ3) is 2.77.